The van der Waals surface area contributed by atoms with E-state index in [0.717, 1.165) is 94.7 Å². The molecule has 10 aromatic rings. The van der Waals surface area contributed by atoms with E-state index >= 15 is 0 Å². The average molecular weight is 704 g/mol. The zero-order valence-electron chi connectivity index (χ0n) is 29.8. The molecule has 0 unspecified atom stereocenters. The highest BCUT2D eigenvalue weighted by atomic mass is 16.5. The monoisotopic (exact) mass is 703 g/mol. The number of rotatable bonds is 5. The van der Waals surface area contributed by atoms with Gasteiger partial charge in [-0.1, -0.05) is 146 Å². The van der Waals surface area contributed by atoms with Gasteiger partial charge in [0.1, 0.15) is 22.7 Å². The first kappa shape index (κ1) is 31.2. The lowest BCUT2D eigenvalue weighted by atomic mass is 9.88. The smallest absolute Gasteiger partial charge is 0.143 e. The zero-order chi connectivity index (χ0) is 36.3. The maximum Gasteiger partial charge on any atom is 0.143 e. The molecular weight excluding hydrogens is 671 g/mol. The van der Waals surface area contributed by atoms with Gasteiger partial charge in [-0.3, -0.25) is 0 Å². The number of benzene rings is 9. The Balaban J connectivity index is 1.15. The fraction of sp³-hybridized carbons (Fsp3) is 0. The van der Waals surface area contributed by atoms with Crippen LogP contribution in [0.5, 0.6) is 11.5 Å². The number of hydrogen-bond acceptors (Lipinski definition) is 3. The Morgan fingerprint density at radius 2 is 0.964 bits per heavy atom. The average Bonchev–Trinajstić information content (AvgIpc) is 3.55. The highest BCUT2D eigenvalue weighted by molar-refractivity contribution is 6.10. The van der Waals surface area contributed by atoms with Crippen molar-refractivity contribution < 1.29 is 9.15 Å². The fourth-order valence-corrected chi connectivity index (χ4v) is 8.27. The zero-order valence-corrected chi connectivity index (χ0v) is 29.8. The minimum absolute atomic E-state index is 0.848. The molecule has 0 saturated heterocycles. The third kappa shape index (κ3) is 5.20. The molecule has 0 amide bonds. The number of furan rings is 1. The van der Waals surface area contributed by atoms with E-state index in [1.54, 1.807) is 0 Å². The second kappa shape index (κ2) is 12.6. The third-order valence-corrected chi connectivity index (χ3v) is 10.9. The van der Waals surface area contributed by atoms with Crippen LogP contribution in [0.1, 0.15) is 0 Å². The summed E-state index contributed by atoms with van der Waals surface area (Å²) in [5.41, 5.74) is 13.8. The van der Waals surface area contributed by atoms with E-state index < -0.39 is 0 Å². The second-order valence-electron chi connectivity index (χ2n) is 14.1. The summed E-state index contributed by atoms with van der Waals surface area (Å²) in [4.78, 5) is 2.34. The highest BCUT2D eigenvalue weighted by Gasteiger charge is 2.26. The topological polar surface area (TPSA) is 25.6 Å². The van der Waals surface area contributed by atoms with E-state index in [9.17, 15) is 0 Å². The molecule has 0 N–H and O–H groups in total. The molecule has 0 spiro atoms. The van der Waals surface area contributed by atoms with Crippen molar-refractivity contribution >= 4 is 49.8 Å². The van der Waals surface area contributed by atoms with Gasteiger partial charge in [-0.05, 0) is 81.6 Å². The van der Waals surface area contributed by atoms with Crippen LogP contribution in [0.4, 0.5) is 17.1 Å². The quantitative estimate of drug-likeness (QED) is 0.178. The molecule has 0 saturated carbocycles. The van der Waals surface area contributed by atoms with Gasteiger partial charge in [-0.15, -0.1) is 0 Å². The third-order valence-electron chi connectivity index (χ3n) is 10.9. The maximum absolute atomic E-state index is 6.93. The summed E-state index contributed by atoms with van der Waals surface area (Å²) in [6, 6.07) is 70.9. The lowest BCUT2D eigenvalue weighted by Crippen LogP contribution is -2.10. The number of anilines is 3. The number of nitrogens with zero attached hydrogens (tertiary/aromatic N) is 1. The second-order valence-corrected chi connectivity index (χ2v) is 14.1. The Labute approximate surface area is 318 Å². The summed E-state index contributed by atoms with van der Waals surface area (Å²) in [5.74, 6) is 1.71. The van der Waals surface area contributed by atoms with Gasteiger partial charge >= 0.3 is 0 Å². The Bertz CT molecular complexity index is 3050. The van der Waals surface area contributed by atoms with E-state index in [2.05, 4.69) is 187 Å². The Morgan fingerprint density at radius 1 is 0.345 bits per heavy atom. The lowest BCUT2D eigenvalue weighted by Gasteiger charge is -2.26. The molecule has 0 atom stereocenters. The van der Waals surface area contributed by atoms with Gasteiger partial charge in [0.2, 0.25) is 0 Å². The van der Waals surface area contributed by atoms with Crippen LogP contribution in [0.25, 0.3) is 77.2 Å². The molecule has 0 fully saturated rings. The lowest BCUT2D eigenvalue weighted by molar-refractivity contribution is 0.489. The molecule has 1 aromatic heterocycles. The largest absolute Gasteiger partial charge is 0.456 e. The van der Waals surface area contributed by atoms with Crippen LogP contribution in [0.15, 0.2) is 205 Å². The molecule has 9 aromatic carbocycles. The SMILES string of the molecule is c1ccc(-c2ccc(N(c3ccc4c(c3)oc3ccccc34)c3ccc4ccc5c(c4c3)-c3cccc(-c4ccccc4)c3Oc3ccccc3-5)cc2)cc1. The number of hydrogen-bond donors (Lipinski definition) is 0. The molecule has 55 heavy (non-hydrogen) atoms. The first-order valence-corrected chi connectivity index (χ1v) is 18.7. The van der Waals surface area contributed by atoms with E-state index in [1.807, 2.05) is 18.2 Å². The van der Waals surface area contributed by atoms with Crippen LogP contribution in [-0.4, -0.2) is 0 Å². The van der Waals surface area contributed by atoms with Gasteiger partial charge in [0.05, 0.1) is 0 Å². The fourth-order valence-electron chi connectivity index (χ4n) is 8.27. The molecule has 3 nitrogen and oxygen atoms in total. The van der Waals surface area contributed by atoms with Crippen LogP contribution in [0.3, 0.4) is 0 Å². The number of fused-ring (bicyclic) bond motifs is 10. The first-order chi connectivity index (χ1) is 27.3. The van der Waals surface area contributed by atoms with Crippen molar-refractivity contribution in [3.8, 4) is 56.0 Å². The molecule has 258 valence electrons. The Morgan fingerprint density at radius 3 is 1.82 bits per heavy atom. The molecular formula is C52H33NO2. The molecule has 1 aliphatic rings. The van der Waals surface area contributed by atoms with Crippen molar-refractivity contribution in [1.82, 2.24) is 0 Å². The maximum atomic E-state index is 6.93. The predicted octanol–water partition coefficient (Wildman–Crippen LogP) is 15.0. The molecule has 3 heteroatoms. The van der Waals surface area contributed by atoms with Gasteiger partial charge in [-0.25, -0.2) is 0 Å². The molecule has 2 heterocycles. The van der Waals surface area contributed by atoms with Crippen LogP contribution >= 0.6 is 0 Å². The normalized spacial score (nSPS) is 11.8. The standard InChI is InChI=1S/C52H33NO2/c1-3-12-34(13-4-1)35-22-26-38(27-23-35)53(40-29-31-44-42-16-7-9-20-48(42)54-50(44)33-40)39-28-24-37-25-30-45-43-17-8-10-21-49(43)55-52-41(36-14-5-2-6-15-36)18-11-19-46(52)51(45)47(37)32-39/h1-33H. The number of ether oxygens (including phenoxy) is 1. The predicted molar refractivity (Wildman–Crippen MR) is 228 cm³/mol. The van der Waals surface area contributed by atoms with Crippen molar-refractivity contribution in [1.29, 1.82) is 0 Å². The van der Waals surface area contributed by atoms with Gasteiger partial charge in [0, 0.05) is 56.2 Å². The van der Waals surface area contributed by atoms with Crippen molar-refractivity contribution in [2.75, 3.05) is 4.90 Å². The minimum Gasteiger partial charge on any atom is -0.456 e. The van der Waals surface area contributed by atoms with Crippen LogP contribution in [0, 0.1) is 0 Å². The van der Waals surface area contributed by atoms with Crippen LogP contribution in [-0.2, 0) is 0 Å². The van der Waals surface area contributed by atoms with E-state index in [0.29, 0.717) is 0 Å². The summed E-state index contributed by atoms with van der Waals surface area (Å²) < 4.78 is 13.4. The van der Waals surface area contributed by atoms with Crippen LogP contribution < -0.4 is 9.64 Å². The summed E-state index contributed by atoms with van der Waals surface area (Å²) >= 11 is 0. The molecule has 11 rings (SSSR count). The van der Waals surface area contributed by atoms with Crippen LogP contribution in [0.2, 0.25) is 0 Å². The highest BCUT2D eigenvalue weighted by Crippen LogP contribution is 2.53. The van der Waals surface area contributed by atoms with Gasteiger partial charge in [0.25, 0.3) is 0 Å². The van der Waals surface area contributed by atoms with Gasteiger partial charge < -0.3 is 14.1 Å². The molecule has 0 bridgehead atoms. The summed E-state index contributed by atoms with van der Waals surface area (Å²) in [5, 5.41) is 4.53. The molecule has 1 aliphatic heterocycles. The first-order valence-electron chi connectivity index (χ1n) is 18.7. The van der Waals surface area contributed by atoms with Crippen molar-refractivity contribution in [2.24, 2.45) is 0 Å². The number of para-hydroxylation sites is 3. The Hall–Kier alpha value is -7.36. The summed E-state index contributed by atoms with van der Waals surface area (Å²) in [7, 11) is 0. The summed E-state index contributed by atoms with van der Waals surface area (Å²) in [6.45, 7) is 0. The molecule has 0 aliphatic carbocycles. The van der Waals surface area contributed by atoms with Gasteiger partial charge in [-0.2, -0.15) is 0 Å². The van der Waals surface area contributed by atoms with Gasteiger partial charge in [0.15, 0.2) is 0 Å². The minimum atomic E-state index is 0.848. The van der Waals surface area contributed by atoms with Crippen molar-refractivity contribution in [3.63, 3.8) is 0 Å². The van der Waals surface area contributed by atoms with E-state index in [-0.39, 0.29) is 0 Å². The summed E-state index contributed by atoms with van der Waals surface area (Å²) in [6.07, 6.45) is 0. The van der Waals surface area contributed by atoms with E-state index in [1.165, 1.54) is 11.1 Å². The molecule has 0 radical (unpaired) electrons. The van der Waals surface area contributed by atoms with E-state index in [4.69, 9.17) is 9.15 Å². The Kier molecular flexibility index (Phi) is 7.17. The van der Waals surface area contributed by atoms with Crippen molar-refractivity contribution in [2.45, 2.75) is 0 Å². The van der Waals surface area contributed by atoms with Crippen molar-refractivity contribution in [3.05, 3.63) is 200 Å².